The summed E-state index contributed by atoms with van der Waals surface area (Å²) in [6.45, 7) is 4.92. The lowest BCUT2D eigenvalue weighted by molar-refractivity contribution is 0.177. The zero-order chi connectivity index (χ0) is 13.1. The summed E-state index contributed by atoms with van der Waals surface area (Å²) in [7, 11) is 0. The van der Waals surface area contributed by atoms with E-state index in [1.807, 2.05) is 49.1 Å². The van der Waals surface area contributed by atoms with Gasteiger partial charge < -0.3 is 5.11 Å². The maximum atomic E-state index is 10.3. The van der Waals surface area contributed by atoms with Gasteiger partial charge in [0.25, 0.3) is 0 Å². The van der Waals surface area contributed by atoms with Crippen molar-refractivity contribution in [1.82, 2.24) is 9.78 Å². The molecule has 0 aliphatic carbocycles. The fourth-order valence-electron chi connectivity index (χ4n) is 1.95. The second-order valence-electron chi connectivity index (χ2n) is 4.40. The highest BCUT2D eigenvalue weighted by molar-refractivity contribution is 9.10. The quantitative estimate of drug-likeness (QED) is 0.941. The molecule has 18 heavy (non-hydrogen) atoms. The summed E-state index contributed by atoms with van der Waals surface area (Å²) in [6.07, 6.45) is 3.87. The molecule has 2 aromatic rings. The second kappa shape index (κ2) is 5.67. The van der Waals surface area contributed by atoms with Gasteiger partial charge in [0, 0.05) is 23.6 Å². The van der Waals surface area contributed by atoms with Crippen LogP contribution in [0, 0.1) is 6.92 Å². The van der Waals surface area contributed by atoms with Gasteiger partial charge >= 0.3 is 0 Å². The third-order valence-electron chi connectivity index (χ3n) is 3.02. The van der Waals surface area contributed by atoms with Crippen LogP contribution in [0.25, 0.3) is 0 Å². The van der Waals surface area contributed by atoms with E-state index in [2.05, 4.69) is 21.0 Å². The van der Waals surface area contributed by atoms with Crippen molar-refractivity contribution >= 4 is 15.9 Å². The number of halogens is 1. The first-order valence-corrected chi connectivity index (χ1v) is 6.85. The van der Waals surface area contributed by atoms with Crippen molar-refractivity contribution in [3.05, 3.63) is 51.8 Å². The summed E-state index contributed by atoms with van der Waals surface area (Å²) in [5, 5.41) is 14.5. The first kappa shape index (κ1) is 13.3. The molecule has 0 saturated heterocycles. The van der Waals surface area contributed by atoms with Gasteiger partial charge in [0.1, 0.15) is 0 Å². The predicted octanol–water partition coefficient (Wildman–Crippen LogP) is 3.25. The minimum Gasteiger partial charge on any atom is -0.388 e. The Morgan fingerprint density at radius 1 is 1.44 bits per heavy atom. The average molecular weight is 309 g/mol. The molecule has 0 bridgehead atoms. The lowest BCUT2D eigenvalue weighted by atomic mass is 10.0. The van der Waals surface area contributed by atoms with E-state index in [1.165, 1.54) is 0 Å². The molecule has 0 saturated carbocycles. The smallest absolute Gasteiger partial charge is 0.0842 e. The molecular weight excluding hydrogens is 292 g/mol. The van der Waals surface area contributed by atoms with Crippen molar-refractivity contribution in [2.45, 2.75) is 32.9 Å². The van der Waals surface area contributed by atoms with E-state index >= 15 is 0 Å². The van der Waals surface area contributed by atoms with Gasteiger partial charge in [0.15, 0.2) is 0 Å². The molecule has 0 radical (unpaired) electrons. The number of aliphatic hydroxyl groups excluding tert-OH is 1. The number of hydrogen-bond acceptors (Lipinski definition) is 2. The van der Waals surface area contributed by atoms with Crippen LogP contribution in [0.1, 0.15) is 29.7 Å². The minimum absolute atomic E-state index is 0.506. The number of nitrogens with zero attached hydrogens (tertiary/aromatic N) is 2. The van der Waals surface area contributed by atoms with Crippen molar-refractivity contribution in [2.75, 3.05) is 0 Å². The molecule has 2 rings (SSSR count). The first-order valence-electron chi connectivity index (χ1n) is 6.06. The molecule has 1 N–H and O–H groups in total. The number of benzene rings is 1. The normalized spacial score (nSPS) is 12.7. The third-order valence-corrected chi connectivity index (χ3v) is 4.10. The first-order chi connectivity index (χ1) is 8.61. The van der Waals surface area contributed by atoms with E-state index in [9.17, 15) is 5.11 Å². The Labute approximate surface area is 116 Å². The van der Waals surface area contributed by atoms with Crippen LogP contribution < -0.4 is 0 Å². The molecule has 0 aliphatic heterocycles. The Morgan fingerprint density at radius 2 is 2.22 bits per heavy atom. The Hall–Kier alpha value is -1.13. The topological polar surface area (TPSA) is 38.0 Å². The van der Waals surface area contributed by atoms with E-state index in [4.69, 9.17) is 0 Å². The molecule has 0 spiro atoms. The highest BCUT2D eigenvalue weighted by Gasteiger charge is 2.14. The van der Waals surface area contributed by atoms with Crippen molar-refractivity contribution < 1.29 is 5.11 Å². The molecule has 3 nitrogen and oxygen atoms in total. The largest absolute Gasteiger partial charge is 0.388 e. The molecule has 4 heteroatoms. The molecule has 1 heterocycles. The van der Waals surface area contributed by atoms with Crippen molar-refractivity contribution in [1.29, 1.82) is 0 Å². The van der Waals surface area contributed by atoms with Gasteiger partial charge in [-0.05, 0) is 30.5 Å². The number of hydrogen-bond donors (Lipinski definition) is 1. The molecule has 1 aromatic heterocycles. The van der Waals surface area contributed by atoms with Gasteiger partial charge in [0.05, 0.1) is 12.3 Å². The lowest BCUT2D eigenvalue weighted by Gasteiger charge is -2.13. The van der Waals surface area contributed by atoms with Crippen molar-refractivity contribution in [3.8, 4) is 0 Å². The Morgan fingerprint density at radius 3 is 2.89 bits per heavy atom. The van der Waals surface area contributed by atoms with Gasteiger partial charge in [0.2, 0.25) is 0 Å². The second-order valence-corrected chi connectivity index (χ2v) is 5.20. The lowest BCUT2D eigenvalue weighted by Crippen LogP contribution is -2.03. The molecule has 0 fully saturated rings. The van der Waals surface area contributed by atoms with Crippen LogP contribution in [0.3, 0.4) is 0 Å². The predicted molar refractivity (Wildman–Crippen MR) is 75.4 cm³/mol. The highest BCUT2D eigenvalue weighted by atomic mass is 79.9. The van der Waals surface area contributed by atoms with E-state index in [0.717, 1.165) is 27.7 Å². The molecule has 96 valence electrons. The van der Waals surface area contributed by atoms with E-state index in [-0.39, 0.29) is 0 Å². The van der Waals surface area contributed by atoms with Crippen LogP contribution in [-0.2, 0) is 13.0 Å². The Balaban J connectivity index is 2.16. The summed E-state index contributed by atoms with van der Waals surface area (Å²) in [5.74, 6) is 0. The van der Waals surface area contributed by atoms with Crippen molar-refractivity contribution in [3.63, 3.8) is 0 Å². The SMILES string of the molecule is CCn1cc(CC(O)c2cccc(C)c2Br)cn1. The van der Waals surface area contributed by atoms with Crippen molar-refractivity contribution in [2.24, 2.45) is 0 Å². The fraction of sp³-hybridized carbons (Fsp3) is 0.357. The molecule has 1 atom stereocenters. The number of rotatable bonds is 4. The number of aliphatic hydroxyl groups is 1. The zero-order valence-corrected chi connectivity index (χ0v) is 12.2. The van der Waals surface area contributed by atoms with Gasteiger partial charge in [-0.1, -0.05) is 34.1 Å². The summed E-state index contributed by atoms with van der Waals surface area (Å²) in [5.41, 5.74) is 3.12. The van der Waals surface area contributed by atoms with Crippen LogP contribution in [0.2, 0.25) is 0 Å². The van der Waals surface area contributed by atoms with E-state index in [0.29, 0.717) is 6.42 Å². The van der Waals surface area contributed by atoms with E-state index in [1.54, 1.807) is 0 Å². The van der Waals surface area contributed by atoms with Gasteiger partial charge in [-0.15, -0.1) is 0 Å². The number of aryl methyl sites for hydroxylation is 2. The van der Waals surface area contributed by atoms with Gasteiger partial charge in [-0.2, -0.15) is 5.10 Å². The Bertz CT molecular complexity index is 536. The molecule has 0 aliphatic rings. The van der Waals surface area contributed by atoms with Crippen LogP contribution in [0.4, 0.5) is 0 Å². The highest BCUT2D eigenvalue weighted by Crippen LogP contribution is 2.28. The maximum Gasteiger partial charge on any atom is 0.0842 e. The van der Waals surface area contributed by atoms with E-state index < -0.39 is 6.10 Å². The van der Waals surface area contributed by atoms with Gasteiger partial charge in [-0.3, -0.25) is 4.68 Å². The third kappa shape index (κ3) is 2.82. The summed E-state index contributed by atoms with van der Waals surface area (Å²) in [6, 6.07) is 5.94. The zero-order valence-electron chi connectivity index (χ0n) is 10.6. The van der Waals surface area contributed by atoms with Crippen LogP contribution >= 0.6 is 15.9 Å². The Kier molecular flexibility index (Phi) is 4.19. The van der Waals surface area contributed by atoms with Crippen LogP contribution in [0.15, 0.2) is 35.1 Å². The summed E-state index contributed by atoms with van der Waals surface area (Å²) < 4.78 is 2.85. The fourth-order valence-corrected chi connectivity index (χ4v) is 2.47. The molecule has 0 amide bonds. The number of aromatic nitrogens is 2. The van der Waals surface area contributed by atoms with Crippen LogP contribution in [0.5, 0.6) is 0 Å². The molecule has 1 unspecified atom stereocenters. The molecular formula is C14H17BrN2O. The summed E-state index contributed by atoms with van der Waals surface area (Å²) in [4.78, 5) is 0. The summed E-state index contributed by atoms with van der Waals surface area (Å²) >= 11 is 3.53. The minimum atomic E-state index is -0.506. The standard InChI is InChI=1S/C14H17BrN2O/c1-3-17-9-11(8-16-17)7-13(18)12-6-4-5-10(2)14(12)15/h4-6,8-9,13,18H,3,7H2,1-2H3. The molecule has 1 aromatic carbocycles. The monoisotopic (exact) mass is 308 g/mol. The van der Waals surface area contributed by atoms with Gasteiger partial charge in [-0.25, -0.2) is 0 Å². The van der Waals surface area contributed by atoms with Crippen LogP contribution in [-0.4, -0.2) is 14.9 Å². The maximum absolute atomic E-state index is 10.3. The average Bonchev–Trinajstić information content (AvgIpc) is 2.80.